The number of ether oxygens (including phenoxy) is 1. The largest absolute Gasteiger partial charge is 0.392 e. The maximum Gasteiger partial charge on any atom is 0.334 e. The molecule has 2 heterocycles. The van der Waals surface area contributed by atoms with Gasteiger partial charge < -0.3 is 10.5 Å². The van der Waals surface area contributed by atoms with Gasteiger partial charge in [0.25, 0.3) is 0 Å². The molecule has 4 unspecified atom stereocenters. The Hall–Kier alpha value is -1.80. The molecule has 4 rings (SSSR count). The molecule has 2 N–H and O–H groups in total. The molecule has 1 aliphatic carbocycles. The van der Waals surface area contributed by atoms with Crippen molar-refractivity contribution in [3.8, 4) is 0 Å². The highest BCUT2D eigenvalue weighted by molar-refractivity contribution is 5.90. The van der Waals surface area contributed by atoms with Crippen LogP contribution in [-0.2, 0) is 20.9 Å². The third-order valence-electron chi connectivity index (χ3n) is 8.11. The molecule has 0 radical (unpaired) electrons. The van der Waals surface area contributed by atoms with Gasteiger partial charge in [-0.05, 0) is 56.6 Å². The molecular weight excluding hydrogens is 416 g/mol. The van der Waals surface area contributed by atoms with Gasteiger partial charge in [-0.2, -0.15) is 0 Å². The molecule has 3 fully saturated rings. The first-order valence-corrected chi connectivity index (χ1v) is 12.6. The maximum atomic E-state index is 12.4. The molecule has 3 aliphatic rings. The molecule has 2 saturated heterocycles. The van der Waals surface area contributed by atoms with Gasteiger partial charge in [0.1, 0.15) is 5.54 Å². The summed E-state index contributed by atoms with van der Waals surface area (Å²) in [5.41, 5.74) is 6.77. The molecule has 7 heteroatoms. The molecule has 33 heavy (non-hydrogen) atoms. The third kappa shape index (κ3) is 5.65. The first-order chi connectivity index (χ1) is 15.9. The minimum Gasteiger partial charge on any atom is -0.392 e. The number of nitrogens with two attached hydrogens (primary N) is 1. The number of hydrogen-bond donors (Lipinski definition) is 1. The predicted molar refractivity (Wildman–Crippen MR) is 128 cm³/mol. The van der Waals surface area contributed by atoms with Crippen LogP contribution in [0, 0.1) is 5.92 Å². The number of esters is 2. The van der Waals surface area contributed by atoms with Gasteiger partial charge >= 0.3 is 11.9 Å². The van der Waals surface area contributed by atoms with Gasteiger partial charge in [-0.1, -0.05) is 37.3 Å². The van der Waals surface area contributed by atoms with Gasteiger partial charge in [0.2, 0.25) is 0 Å². The van der Waals surface area contributed by atoms with Crippen LogP contribution < -0.4 is 5.73 Å². The number of carbonyl (C=O) groups is 2. The van der Waals surface area contributed by atoms with E-state index in [0.717, 1.165) is 45.6 Å². The summed E-state index contributed by atoms with van der Waals surface area (Å²) >= 11 is 0. The van der Waals surface area contributed by atoms with Crippen molar-refractivity contribution in [3.05, 3.63) is 35.9 Å². The van der Waals surface area contributed by atoms with Gasteiger partial charge in [-0.25, -0.2) is 4.79 Å². The second-order valence-electron chi connectivity index (χ2n) is 10.3. The number of nitrogens with zero attached hydrogens (tertiary/aromatic N) is 3. The predicted octanol–water partition coefficient (Wildman–Crippen LogP) is 2.59. The summed E-state index contributed by atoms with van der Waals surface area (Å²) < 4.78 is 4.85. The van der Waals surface area contributed by atoms with Crippen LogP contribution in [-0.4, -0.2) is 77.1 Å². The lowest BCUT2D eigenvalue weighted by Crippen LogP contribution is -2.62. The summed E-state index contributed by atoms with van der Waals surface area (Å²) in [6.45, 7) is 9.76. The van der Waals surface area contributed by atoms with Crippen molar-refractivity contribution < 1.29 is 14.3 Å². The average molecular weight is 457 g/mol. The van der Waals surface area contributed by atoms with E-state index in [2.05, 4.69) is 45.0 Å². The second-order valence-corrected chi connectivity index (χ2v) is 10.3. The molecule has 7 nitrogen and oxygen atoms in total. The lowest BCUT2D eigenvalue weighted by molar-refractivity contribution is -0.165. The van der Waals surface area contributed by atoms with Crippen LogP contribution in [0.2, 0.25) is 0 Å². The Labute approximate surface area is 198 Å². The Bertz CT molecular complexity index is 811. The first-order valence-electron chi connectivity index (χ1n) is 12.6. The van der Waals surface area contributed by atoms with Crippen molar-refractivity contribution in [2.24, 2.45) is 11.7 Å². The van der Waals surface area contributed by atoms with E-state index in [1.54, 1.807) is 0 Å². The van der Waals surface area contributed by atoms with E-state index in [9.17, 15) is 9.59 Å². The number of likely N-dealkylation sites (tertiary alicyclic amines) is 1. The van der Waals surface area contributed by atoms with Crippen molar-refractivity contribution in [2.45, 2.75) is 76.7 Å². The Morgan fingerprint density at radius 2 is 1.73 bits per heavy atom. The molecular formula is C26H40N4O3. The number of piperidine rings is 1. The molecule has 0 amide bonds. The topological polar surface area (TPSA) is 79.1 Å². The number of piperazine rings is 1. The summed E-state index contributed by atoms with van der Waals surface area (Å²) in [7, 11) is 0. The Morgan fingerprint density at radius 1 is 1.03 bits per heavy atom. The van der Waals surface area contributed by atoms with Crippen LogP contribution >= 0.6 is 0 Å². The number of hydrogen-bond acceptors (Lipinski definition) is 7. The minimum atomic E-state index is -1.05. The fourth-order valence-electron chi connectivity index (χ4n) is 6.04. The van der Waals surface area contributed by atoms with Crippen LogP contribution in [0.5, 0.6) is 0 Å². The van der Waals surface area contributed by atoms with E-state index >= 15 is 0 Å². The van der Waals surface area contributed by atoms with Crippen molar-refractivity contribution >= 4 is 11.9 Å². The molecule has 182 valence electrons. The molecule has 2 aliphatic heterocycles. The van der Waals surface area contributed by atoms with Gasteiger partial charge in [-0.3, -0.25) is 19.5 Å². The van der Waals surface area contributed by atoms with E-state index in [0.29, 0.717) is 18.6 Å². The quantitative estimate of drug-likeness (QED) is 0.539. The highest BCUT2D eigenvalue weighted by Crippen LogP contribution is 2.36. The smallest absolute Gasteiger partial charge is 0.334 e. The van der Waals surface area contributed by atoms with Crippen LogP contribution in [0.15, 0.2) is 30.3 Å². The molecule has 0 aromatic heterocycles. The number of carbonyl (C=O) groups excluding carboxylic acids is 2. The van der Waals surface area contributed by atoms with E-state index in [4.69, 9.17) is 10.5 Å². The van der Waals surface area contributed by atoms with Crippen LogP contribution in [0.1, 0.15) is 57.9 Å². The van der Waals surface area contributed by atoms with Gasteiger partial charge in [0.15, 0.2) is 0 Å². The summed E-state index contributed by atoms with van der Waals surface area (Å²) in [6, 6.07) is 11.3. The molecule has 0 spiro atoms. The summed E-state index contributed by atoms with van der Waals surface area (Å²) in [4.78, 5) is 31.6. The minimum absolute atomic E-state index is 0.0131. The van der Waals surface area contributed by atoms with Crippen LogP contribution in [0.25, 0.3) is 0 Å². The molecule has 4 atom stereocenters. The maximum absolute atomic E-state index is 12.4. The molecule has 1 aromatic carbocycles. The van der Waals surface area contributed by atoms with Crippen molar-refractivity contribution in [1.82, 2.24) is 14.7 Å². The molecule has 1 aromatic rings. The lowest BCUT2D eigenvalue weighted by atomic mass is 9.72. The normalized spacial score (nSPS) is 32.4. The van der Waals surface area contributed by atoms with E-state index in [1.165, 1.54) is 38.3 Å². The summed E-state index contributed by atoms with van der Waals surface area (Å²) in [6.07, 6.45) is 6.69. The third-order valence-corrected chi connectivity index (χ3v) is 8.11. The van der Waals surface area contributed by atoms with Crippen molar-refractivity contribution in [1.29, 1.82) is 0 Å². The van der Waals surface area contributed by atoms with E-state index < -0.39 is 17.5 Å². The number of rotatable bonds is 5. The fourth-order valence-corrected chi connectivity index (χ4v) is 6.04. The Kier molecular flexibility index (Phi) is 7.84. The zero-order chi connectivity index (χ0) is 23.4. The number of benzene rings is 1. The Balaban J connectivity index is 1.30. The van der Waals surface area contributed by atoms with Crippen molar-refractivity contribution in [2.75, 3.05) is 32.7 Å². The zero-order valence-electron chi connectivity index (χ0n) is 20.2. The van der Waals surface area contributed by atoms with E-state index in [-0.39, 0.29) is 5.92 Å². The molecule has 1 saturated carbocycles. The monoisotopic (exact) mass is 456 g/mol. The van der Waals surface area contributed by atoms with Crippen LogP contribution in [0.3, 0.4) is 0 Å². The molecule has 0 bridgehead atoms. The Morgan fingerprint density at radius 3 is 2.39 bits per heavy atom. The van der Waals surface area contributed by atoms with Gasteiger partial charge in [0.05, 0.1) is 6.17 Å². The zero-order valence-corrected chi connectivity index (χ0v) is 20.2. The first kappa shape index (κ1) is 24.3. The van der Waals surface area contributed by atoms with Gasteiger partial charge in [0, 0.05) is 45.7 Å². The average Bonchev–Trinajstić information content (AvgIpc) is 2.82. The van der Waals surface area contributed by atoms with E-state index in [1.807, 2.05) is 6.92 Å². The standard InChI is InChI=1S/C26H40N4O3/c1-20-18-23(11-12-26(20,27)25(32)33-21(2)31)28-14-16-29(17-15-28)24-10-6-7-13-30(24)19-22-8-4-3-5-9-22/h3-5,8-9,20,23-24H,6-7,10-19,27H2,1-2H3. The van der Waals surface area contributed by atoms with Crippen molar-refractivity contribution in [3.63, 3.8) is 0 Å². The highest BCUT2D eigenvalue weighted by Gasteiger charge is 2.47. The lowest BCUT2D eigenvalue weighted by Gasteiger charge is -2.49. The highest BCUT2D eigenvalue weighted by atomic mass is 16.6. The second kappa shape index (κ2) is 10.6. The SMILES string of the molecule is CC(=O)OC(=O)C1(N)CCC(N2CCN(C3CCCCN3Cc3ccccc3)CC2)CC1C. The van der Waals surface area contributed by atoms with Crippen LogP contribution in [0.4, 0.5) is 0 Å². The summed E-state index contributed by atoms with van der Waals surface area (Å²) in [5, 5.41) is 0. The van der Waals surface area contributed by atoms with Gasteiger partial charge in [-0.15, -0.1) is 0 Å². The summed E-state index contributed by atoms with van der Waals surface area (Å²) in [5.74, 6) is -1.17. The fraction of sp³-hybridized carbons (Fsp3) is 0.692.